The Morgan fingerprint density at radius 3 is 2.42 bits per heavy atom. The van der Waals surface area contributed by atoms with Gasteiger partial charge < -0.3 is 4.57 Å². The Bertz CT molecular complexity index is 1020. The molecule has 118 valence electrons. The van der Waals surface area contributed by atoms with E-state index >= 15 is 0 Å². The van der Waals surface area contributed by atoms with Crippen LogP contribution >= 0.6 is 11.6 Å². The molecule has 0 radical (unpaired) electrons. The molecule has 0 aliphatic heterocycles. The first-order valence-corrected chi connectivity index (χ1v) is 8.36. The van der Waals surface area contributed by atoms with Crippen molar-refractivity contribution in [1.29, 1.82) is 0 Å². The fourth-order valence-corrected chi connectivity index (χ4v) is 3.26. The van der Waals surface area contributed by atoms with Crippen LogP contribution in [0.2, 0.25) is 5.02 Å². The van der Waals surface area contributed by atoms with Crippen molar-refractivity contribution >= 4 is 22.6 Å². The van der Waals surface area contributed by atoms with Crippen LogP contribution in [0.4, 0.5) is 0 Å². The van der Waals surface area contributed by atoms with Crippen LogP contribution in [0.15, 0.2) is 72.8 Å². The van der Waals surface area contributed by atoms with Crippen LogP contribution in [-0.4, -0.2) is 9.55 Å². The lowest BCUT2D eigenvalue weighted by atomic mass is 10.1. The van der Waals surface area contributed by atoms with E-state index in [2.05, 4.69) is 60.0 Å². The lowest BCUT2D eigenvalue weighted by Crippen LogP contribution is -2.03. The Labute approximate surface area is 146 Å². The van der Waals surface area contributed by atoms with E-state index in [1.54, 1.807) is 0 Å². The van der Waals surface area contributed by atoms with Gasteiger partial charge in [0.15, 0.2) is 0 Å². The summed E-state index contributed by atoms with van der Waals surface area (Å²) in [5, 5.41) is 0.783. The molecule has 0 unspecified atom stereocenters. The highest BCUT2D eigenvalue weighted by Crippen LogP contribution is 2.29. The van der Waals surface area contributed by atoms with Gasteiger partial charge in [-0.05, 0) is 36.2 Å². The lowest BCUT2D eigenvalue weighted by molar-refractivity contribution is 0.834. The van der Waals surface area contributed by atoms with Crippen molar-refractivity contribution in [3.8, 4) is 11.4 Å². The number of benzene rings is 3. The molecule has 1 aromatic heterocycles. The molecule has 1 heterocycles. The summed E-state index contributed by atoms with van der Waals surface area (Å²) in [6, 6.07) is 24.6. The average Bonchev–Trinajstić information content (AvgIpc) is 2.96. The summed E-state index contributed by atoms with van der Waals surface area (Å²) in [4.78, 5) is 4.89. The number of nitrogens with zero attached hydrogens (tertiary/aromatic N) is 2. The van der Waals surface area contributed by atoms with Crippen LogP contribution in [0, 0.1) is 6.92 Å². The summed E-state index contributed by atoms with van der Waals surface area (Å²) in [6.45, 7) is 2.82. The molecule has 3 aromatic carbocycles. The fourth-order valence-electron chi connectivity index (χ4n) is 3.06. The third-order valence-corrected chi connectivity index (χ3v) is 4.70. The third-order valence-electron chi connectivity index (χ3n) is 4.33. The van der Waals surface area contributed by atoms with Gasteiger partial charge in [0.1, 0.15) is 5.82 Å². The van der Waals surface area contributed by atoms with Crippen molar-refractivity contribution in [1.82, 2.24) is 9.55 Å². The van der Waals surface area contributed by atoms with Crippen LogP contribution in [0.25, 0.3) is 22.4 Å². The third kappa shape index (κ3) is 2.59. The maximum atomic E-state index is 6.39. The van der Waals surface area contributed by atoms with Crippen LogP contribution in [0.5, 0.6) is 0 Å². The molecule has 24 heavy (non-hydrogen) atoms. The van der Waals surface area contributed by atoms with Crippen molar-refractivity contribution in [2.45, 2.75) is 13.5 Å². The maximum absolute atomic E-state index is 6.39. The zero-order valence-corrected chi connectivity index (χ0v) is 14.2. The van der Waals surface area contributed by atoms with Gasteiger partial charge in [-0.15, -0.1) is 0 Å². The van der Waals surface area contributed by atoms with E-state index in [4.69, 9.17) is 16.6 Å². The standard InChI is InChI=1S/C21H17ClN2/c1-15-8-2-4-10-17(15)21-23-19-12-6-7-13-20(19)24(21)14-16-9-3-5-11-18(16)22/h2-13H,14H2,1H3. The summed E-state index contributed by atoms with van der Waals surface area (Å²) in [6.07, 6.45) is 0. The molecule has 4 aromatic rings. The molecule has 0 spiro atoms. The second-order valence-electron chi connectivity index (χ2n) is 5.92. The van der Waals surface area contributed by atoms with Gasteiger partial charge in [-0.3, -0.25) is 0 Å². The van der Waals surface area contributed by atoms with E-state index in [9.17, 15) is 0 Å². The van der Waals surface area contributed by atoms with Gasteiger partial charge in [0.2, 0.25) is 0 Å². The summed E-state index contributed by atoms with van der Waals surface area (Å²) in [5.74, 6) is 0.981. The van der Waals surface area contributed by atoms with Gasteiger partial charge >= 0.3 is 0 Å². The predicted molar refractivity (Wildman–Crippen MR) is 100 cm³/mol. The van der Waals surface area contributed by atoms with Crippen LogP contribution < -0.4 is 0 Å². The maximum Gasteiger partial charge on any atom is 0.141 e. The highest BCUT2D eigenvalue weighted by atomic mass is 35.5. The predicted octanol–water partition coefficient (Wildman–Crippen LogP) is 5.71. The second kappa shape index (κ2) is 6.14. The molecule has 0 amide bonds. The first-order valence-electron chi connectivity index (χ1n) is 7.99. The molecule has 0 aliphatic carbocycles. The highest BCUT2D eigenvalue weighted by molar-refractivity contribution is 6.31. The van der Waals surface area contributed by atoms with E-state index in [-0.39, 0.29) is 0 Å². The summed E-state index contributed by atoms with van der Waals surface area (Å²) in [5.41, 5.74) is 5.59. The number of hydrogen-bond donors (Lipinski definition) is 0. The van der Waals surface area contributed by atoms with E-state index in [1.165, 1.54) is 5.56 Å². The quantitative estimate of drug-likeness (QED) is 0.469. The number of fused-ring (bicyclic) bond motifs is 1. The van der Waals surface area contributed by atoms with E-state index in [0.29, 0.717) is 6.54 Å². The van der Waals surface area contributed by atoms with Crippen LogP contribution in [0.3, 0.4) is 0 Å². The number of halogens is 1. The number of rotatable bonds is 3. The summed E-state index contributed by atoms with van der Waals surface area (Å²) >= 11 is 6.39. The van der Waals surface area contributed by atoms with E-state index in [1.807, 2.05) is 24.3 Å². The van der Waals surface area contributed by atoms with Gasteiger partial charge in [-0.1, -0.05) is 66.2 Å². The molecule has 3 heteroatoms. The van der Waals surface area contributed by atoms with Crippen molar-refractivity contribution in [2.75, 3.05) is 0 Å². The minimum atomic E-state index is 0.698. The Balaban J connectivity index is 1.94. The molecule has 0 saturated carbocycles. The van der Waals surface area contributed by atoms with E-state index in [0.717, 1.165) is 33.0 Å². The number of aryl methyl sites for hydroxylation is 1. The zero-order valence-electron chi connectivity index (χ0n) is 13.4. The molecule has 0 bridgehead atoms. The Kier molecular flexibility index (Phi) is 3.83. The van der Waals surface area contributed by atoms with Crippen molar-refractivity contribution in [3.05, 3.63) is 88.9 Å². The molecule has 0 fully saturated rings. The topological polar surface area (TPSA) is 17.8 Å². The summed E-state index contributed by atoms with van der Waals surface area (Å²) in [7, 11) is 0. The van der Waals surface area contributed by atoms with Gasteiger partial charge in [-0.25, -0.2) is 4.98 Å². The first kappa shape index (κ1) is 15.0. The smallest absolute Gasteiger partial charge is 0.141 e. The Hall–Kier alpha value is -2.58. The molecule has 4 rings (SSSR count). The lowest BCUT2D eigenvalue weighted by Gasteiger charge is -2.12. The Morgan fingerprint density at radius 2 is 1.58 bits per heavy atom. The fraction of sp³-hybridized carbons (Fsp3) is 0.0952. The second-order valence-corrected chi connectivity index (χ2v) is 6.32. The highest BCUT2D eigenvalue weighted by Gasteiger charge is 2.15. The monoisotopic (exact) mass is 332 g/mol. The normalized spacial score (nSPS) is 11.1. The molecule has 0 N–H and O–H groups in total. The van der Waals surface area contributed by atoms with Crippen LogP contribution in [0.1, 0.15) is 11.1 Å². The molecular formula is C21H17ClN2. The average molecular weight is 333 g/mol. The van der Waals surface area contributed by atoms with Crippen LogP contribution in [-0.2, 0) is 6.54 Å². The van der Waals surface area contributed by atoms with E-state index < -0.39 is 0 Å². The largest absolute Gasteiger partial charge is 0.319 e. The zero-order chi connectivity index (χ0) is 16.5. The number of para-hydroxylation sites is 2. The first-order chi connectivity index (χ1) is 11.7. The molecular weight excluding hydrogens is 316 g/mol. The van der Waals surface area contributed by atoms with Crippen molar-refractivity contribution in [3.63, 3.8) is 0 Å². The minimum absolute atomic E-state index is 0.698. The Morgan fingerprint density at radius 1 is 0.875 bits per heavy atom. The van der Waals surface area contributed by atoms with Gasteiger partial charge in [-0.2, -0.15) is 0 Å². The SMILES string of the molecule is Cc1ccccc1-c1nc2ccccc2n1Cc1ccccc1Cl. The number of hydrogen-bond acceptors (Lipinski definition) is 1. The van der Waals surface area contributed by atoms with Crippen molar-refractivity contribution < 1.29 is 0 Å². The van der Waals surface area contributed by atoms with Gasteiger partial charge in [0.05, 0.1) is 17.6 Å². The van der Waals surface area contributed by atoms with Gasteiger partial charge in [0.25, 0.3) is 0 Å². The molecule has 2 nitrogen and oxygen atoms in total. The summed E-state index contributed by atoms with van der Waals surface area (Å²) < 4.78 is 2.25. The van der Waals surface area contributed by atoms with Gasteiger partial charge in [0, 0.05) is 10.6 Å². The number of imidazole rings is 1. The molecule has 0 atom stereocenters. The number of aromatic nitrogens is 2. The minimum Gasteiger partial charge on any atom is -0.319 e. The molecule has 0 saturated heterocycles. The van der Waals surface area contributed by atoms with Crippen molar-refractivity contribution in [2.24, 2.45) is 0 Å². The molecule has 0 aliphatic rings.